The molecule has 1 aromatic carbocycles. The van der Waals surface area contributed by atoms with Crippen LogP contribution in [0.15, 0.2) is 24.3 Å². The van der Waals surface area contributed by atoms with E-state index in [0.717, 1.165) is 29.9 Å². The van der Waals surface area contributed by atoms with Crippen LogP contribution in [0.4, 0.5) is 13.2 Å². The number of aliphatic hydroxyl groups excluding tert-OH is 1. The summed E-state index contributed by atoms with van der Waals surface area (Å²) in [6.45, 7) is 1.82. The summed E-state index contributed by atoms with van der Waals surface area (Å²) in [4.78, 5) is 5.17. The molecule has 0 aliphatic rings. The van der Waals surface area contributed by atoms with Crippen LogP contribution in [0.2, 0.25) is 0 Å². The molecule has 20 heavy (non-hydrogen) atoms. The van der Waals surface area contributed by atoms with Crippen molar-refractivity contribution >= 4 is 11.3 Å². The van der Waals surface area contributed by atoms with Gasteiger partial charge in [0.15, 0.2) is 0 Å². The maximum atomic E-state index is 12.7. The zero-order valence-corrected chi connectivity index (χ0v) is 11.7. The second-order valence-electron chi connectivity index (χ2n) is 4.38. The van der Waals surface area contributed by atoms with Crippen molar-refractivity contribution in [3.8, 4) is 10.6 Å². The van der Waals surface area contributed by atoms with Crippen molar-refractivity contribution < 1.29 is 18.3 Å². The molecule has 0 saturated heterocycles. The van der Waals surface area contributed by atoms with Crippen LogP contribution in [0.1, 0.15) is 29.5 Å². The summed E-state index contributed by atoms with van der Waals surface area (Å²) in [6, 6.07) is 5.11. The first-order valence-corrected chi connectivity index (χ1v) is 7.04. The Morgan fingerprint density at radius 2 is 2.05 bits per heavy atom. The smallest absolute Gasteiger partial charge is 0.390 e. The summed E-state index contributed by atoms with van der Waals surface area (Å²) >= 11 is 1.34. The molecular formula is C14H14F3NOS. The van der Waals surface area contributed by atoms with Gasteiger partial charge in [-0.3, -0.25) is 0 Å². The molecule has 0 fully saturated rings. The Kier molecular flexibility index (Phi) is 4.45. The highest BCUT2D eigenvalue weighted by Crippen LogP contribution is 2.34. The lowest BCUT2D eigenvalue weighted by Gasteiger charge is -2.07. The Balaban J connectivity index is 2.41. The number of aryl methyl sites for hydroxylation is 1. The van der Waals surface area contributed by atoms with E-state index in [-0.39, 0.29) is 6.61 Å². The van der Waals surface area contributed by atoms with Crippen LogP contribution >= 0.6 is 11.3 Å². The Bertz CT molecular complexity index is 592. The summed E-state index contributed by atoms with van der Waals surface area (Å²) in [6.07, 6.45) is -2.69. The molecule has 0 aliphatic carbocycles. The number of benzene rings is 1. The minimum absolute atomic E-state index is 0.190. The third kappa shape index (κ3) is 3.19. The fraction of sp³-hybridized carbons (Fsp3) is 0.357. The SMILES string of the molecule is CCCc1sc(-c2cccc(C(F)(F)F)c2)nc1CO. The van der Waals surface area contributed by atoms with Gasteiger partial charge in [0.2, 0.25) is 0 Å². The van der Waals surface area contributed by atoms with Gasteiger partial charge in [-0.15, -0.1) is 11.3 Å². The van der Waals surface area contributed by atoms with Crippen molar-refractivity contribution in [3.05, 3.63) is 40.4 Å². The molecule has 0 radical (unpaired) electrons. The molecule has 2 rings (SSSR count). The summed E-state index contributed by atoms with van der Waals surface area (Å²) in [5.74, 6) is 0. The number of hydrogen-bond donors (Lipinski definition) is 1. The molecule has 108 valence electrons. The average Bonchev–Trinajstić information content (AvgIpc) is 2.82. The van der Waals surface area contributed by atoms with Crippen LogP contribution in [-0.4, -0.2) is 10.1 Å². The van der Waals surface area contributed by atoms with Gasteiger partial charge in [-0.25, -0.2) is 4.98 Å². The molecule has 1 aromatic heterocycles. The van der Waals surface area contributed by atoms with Gasteiger partial charge >= 0.3 is 6.18 Å². The lowest BCUT2D eigenvalue weighted by Crippen LogP contribution is -2.04. The van der Waals surface area contributed by atoms with Crippen LogP contribution in [0.3, 0.4) is 0 Å². The topological polar surface area (TPSA) is 33.1 Å². The Labute approximate surface area is 118 Å². The molecule has 0 unspecified atom stereocenters. The molecule has 2 nitrogen and oxygen atoms in total. The van der Waals surface area contributed by atoms with E-state index in [2.05, 4.69) is 4.98 Å². The third-order valence-electron chi connectivity index (χ3n) is 2.84. The first-order chi connectivity index (χ1) is 9.45. The lowest BCUT2D eigenvalue weighted by atomic mass is 10.1. The molecule has 0 spiro atoms. The molecule has 0 saturated carbocycles. The number of rotatable bonds is 4. The number of hydrogen-bond acceptors (Lipinski definition) is 3. The number of halogens is 3. The molecule has 0 amide bonds. The molecule has 0 bridgehead atoms. The van der Waals surface area contributed by atoms with Gasteiger partial charge in [0, 0.05) is 10.4 Å². The van der Waals surface area contributed by atoms with Gasteiger partial charge in [-0.2, -0.15) is 13.2 Å². The van der Waals surface area contributed by atoms with E-state index in [1.54, 1.807) is 6.07 Å². The predicted molar refractivity (Wildman–Crippen MR) is 72.5 cm³/mol. The zero-order valence-electron chi connectivity index (χ0n) is 10.9. The maximum absolute atomic E-state index is 12.7. The molecule has 0 aliphatic heterocycles. The summed E-state index contributed by atoms with van der Waals surface area (Å²) in [5, 5.41) is 9.77. The van der Waals surface area contributed by atoms with Crippen molar-refractivity contribution in [1.29, 1.82) is 0 Å². The van der Waals surface area contributed by atoms with Crippen molar-refractivity contribution in [2.24, 2.45) is 0 Å². The highest BCUT2D eigenvalue weighted by atomic mass is 32.1. The van der Waals surface area contributed by atoms with E-state index >= 15 is 0 Å². The third-order valence-corrected chi connectivity index (χ3v) is 4.05. The van der Waals surface area contributed by atoms with Crippen molar-refractivity contribution in [1.82, 2.24) is 4.98 Å². The van der Waals surface area contributed by atoms with E-state index in [4.69, 9.17) is 0 Å². The fourth-order valence-electron chi connectivity index (χ4n) is 1.88. The van der Waals surface area contributed by atoms with Crippen LogP contribution in [0.5, 0.6) is 0 Å². The first kappa shape index (κ1) is 15.0. The highest BCUT2D eigenvalue weighted by Gasteiger charge is 2.30. The maximum Gasteiger partial charge on any atom is 0.416 e. The number of nitrogens with zero attached hydrogens (tertiary/aromatic N) is 1. The van der Waals surface area contributed by atoms with Crippen molar-refractivity contribution in [2.75, 3.05) is 0 Å². The van der Waals surface area contributed by atoms with Gasteiger partial charge < -0.3 is 5.11 Å². The Hall–Kier alpha value is -1.40. The van der Waals surface area contributed by atoms with Gasteiger partial charge in [-0.1, -0.05) is 25.5 Å². The normalized spacial score (nSPS) is 11.8. The molecule has 0 atom stereocenters. The first-order valence-electron chi connectivity index (χ1n) is 6.22. The summed E-state index contributed by atoms with van der Waals surface area (Å²) in [5.41, 5.74) is 0.305. The second-order valence-corrected chi connectivity index (χ2v) is 5.46. The zero-order chi connectivity index (χ0) is 14.8. The molecule has 1 N–H and O–H groups in total. The summed E-state index contributed by atoms with van der Waals surface area (Å²) in [7, 11) is 0. The highest BCUT2D eigenvalue weighted by molar-refractivity contribution is 7.15. The molecule has 2 aromatic rings. The van der Waals surface area contributed by atoms with Gasteiger partial charge in [0.25, 0.3) is 0 Å². The summed E-state index contributed by atoms with van der Waals surface area (Å²) < 4.78 is 38.1. The van der Waals surface area contributed by atoms with E-state index in [1.165, 1.54) is 17.4 Å². The van der Waals surface area contributed by atoms with Crippen LogP contribution in [-0.2, 0) is 19.2 Å². The standard InChI is InChI=1S/C14H14F3NOS/c1-2-4-12-11(8-19)18-13(20-12)9-5-3-6-10(7-9)14(15,16)17/h3,5-7,19H,2,4,8H2,1H3. The van der Waals surface area contributed by atoms with Crippen LogP contribution in [0.25, 0.3) is 10.6 Å². The Morgan fingerprint density at radius 3 is 2.65 bits per heavy atom. The predicted octanol–water partition coefficient (Wildman–Crippen LogP) is 4.27. The van der Waals surface area contributed by atoms with E-state index < -0.39 is 11.7 Å². The fourth-order valence-corrected chi connectivity index (χ4v) is 3.05. The number of aromatic nitrogens is 1. The molecule has 1 heterocycles. The Morgan fingerprint density at radius 1 is 1.30 bits per heavy atom. The van der Waals surface area contributed by atoms with Gasteiger partial charge in [-0.05, 0) is 18.6 Å². The van der Waals surface area contributed by atoms with E-state index in [0.29, 0.717) is 16.3 Å². The van der Waals surface area contributed by atoms with Crippen molar-refractivity contribution in [2.45, 2.75) is 32.5 Å². The minimum Gasteiger partial charge on any atom is -0.390 e. The quantitative estimate of drug-likeness (QED) is 0.914. The average molecular weight is 301 g/mol. The second kappa shape index (κ2) is 5.93. The minimum atomic E-state index is -4.36. The van der Waals surface area contributed by atoms with E-state index in [9.17, 15) is 18.3 Å². The largest absolute Gasteiger partial charge is 0.416 e. The van der Waals surface area contributed by atoms with Gasteiger partial charge in [0.1, 0.15) is 5.01 Å². The number of thiazole rings is 1. The van der Waals surface area contributed by atoms with Crippen molar-refractivity contribution in [3.63, 3.8) is 0 Å². The van der Waals surface area contributed by atoms with E-state index in [1.807, 2.05) is 6.92 Å². The number of aliphatic hydroxyl groups is 1. The lowest BCUT2D eigenvalue weighted by molar-refractivity contribution is -0.137. The van der Waals surface area contributed by atoms with Crippen LogP contribution < -0.4 is 0 Å². The molecule has 6 heteroatoms. The number of alkyl halides is 3. The van der Waals surface area contributed by atoms with Crippen LogP contribution in [0, 0.1) is 0 Å². The van der Waals surface area contributed by atoms with Gasteiger partial charge in [0.05, 0.1) is 17.9 Å². The molecular weight excluding hydrogens is 287 g/mol. The monoisotopic (exact) mass is 301 g/mol.